The maximum atomic E-state index is 9.70. The molecule has 1 aromatic carbocycles. The van der Waals surface area contributed by atoms with Gasteiger partial charge in [0.15, 0.2) is 0 Å². The molecule has 1 N–H and O–H groups in total. The number of hydrogen-bond acceptors (Lipinski definition) is 3. The second-order valence-corrected chi connectivity index (χ2v) is 7.63. The van der Waals surface area contributed by atoms with Gasteiger partial charge in [-0.05, 0) is 52.0 Å². The third-order valence-corrected chi connectivity index (χ3v) is 5.10. The molecule has 0 aromatic heterocycles. The average molecular weight is 302 g/mol. The lowest BCUT2D eigenvalue weighted by Crippen LogP contribution is -2.51. The second kappa shape index (κ2) is 6.85. The molecule has 0 bridgehead atoms. The van der Waals surface area contributed by atoms with Crippen molar-refractivity contribution in [1.29, 1.82) is 5.26 Å². The minimum Gasteiger partial charge on any atom is -0.296 e. The molecule has 0 aliphatic heterocycles. The number of nitrogens with one attached hydrogen (secondary N) is 1. The van der Waals surface area contributed by atoms with Gasteiger partial charge in [0.05, 0.1) is 6.07 Å². The van der Waals surface area contributed by atoms with Crippen molar-refractivity contribution < 1.29 is 0 Å². The zero-order valence-corrected chi connectivity index (χ0v) is 14.4. The lowest BCUT2D eigenvalue weighted by molar-refractivity contribution is 0.370. The van der Waals surface area contributed by atoms with Crippen LogP contribution in [0.1, 0.15) is 43.4 Å². The molecule has 3 heteroatoms. The van der Waals surface area contributed by atoms with Crippen LogP contribution in [-0.2, 0) is 5.75 Å². The Kier molecular flexibility index (Phi) is 5.35. The second-order valence-electron chi connectivity index (χ2n) is 6.65. The highest BCUT2D eigenvalue weighted by molar-refractivity contribution is 7.98. The van der Waals surface area contributed by atoms with E-state index in [0.717, 1.165) is 11.5 Å². The Morgan fingerprint density at radius 3 is 2.38 bits per heavy atom. The Labute approximate surface area is 133 Å². The molecule has 1 fully saturated rings. The van der Waals surface area contributed by atoms with Gasteiger partial charge in [0.25, 0.3) is 0 Å². The molecule has 1 unspecified atom stereocenters. The van der Waals surface area contributed by atoms with E-state index in [-0.39, 0.29) is 5.54 Å². The lowest BCUT2D eigenvalue weighted by Gasteiger charge is -2.30. The molecule has 0 heterocycles. The topological polar surface area (TPSA) is 35.8 Å². The summed E-state index contributed by atoms with van der Waals surface area (Å²) in [5, 5.41) is 13.2. The highest BCUT2D eigenvalue weighted by atomic mass is 32.2. The van der Waals surface area contributed by atoms with Gasteiger partial charge in [0.1, 0.15) is 5.54 Å². The summed E-state index contributed by atoms with van der Waals surface area (Å²) >= 11 is 1.88. The van der Waals surface area contributed by atoms with Crippen molar-refractivity contribution in [2.75, 3.05) is 5.75 Å². The molecule has 21 heavy (non-hydrogen) atoms. The third-order valence-electron chi connectivity index (χ3n) is 3.90. The fourth-order valence-electron chi connectivity index (χ4n) is 3.01. The predicted octanol–water partition coefficient (Wildman–Crippen LogP) is 4.21. The molecule has 114 valence electrons. The van der Waals surface area contributed by atoms with E-state index in [4.69, 9.17) is 0 Å². The summed E-state index contributed by atoms with van der Waals surface area (Å²) in [6.45, 7) is 8.54. The summed E-state index contributed by atoms with van der Waals surface area (Å²) in [7, 11) is 0. The van der Waals surface area contributed by atoms with Gasteiger partial charge in [-0.15, -0.1) is 0 Å². The Morgan fingerprint density at radius 2 is 1.90 bits per heavy atom. The Hall–Kier alpha value is -0.980. The van der Waals surface area contributed by atoms with Crippen molar-refractivity contribution in [1.82, 2.24) is 5.32 Å². The summed E-state index contributed by atoms with van der Waals surface area (Å²) in [5.74, 6) is 2.40. The van der Waals surface area contributed by atoms with Crippen LogP contribution in [0.3, 0.4) is 0 Å². The number of rotatable bonds is 7. The van der Waals surface area contributed by atoms with Crippen molar-refractivity contribution >= 4 is 11.8 Å². The van der Waals surface area contributed by atoms with E-state index in [1.165, 1.54) is 29.5 Å². The molecule has 2 nitrogen and oxygen atoms in total. The van der Waals surface area contributed by atoms with E-state index in [1.807, 2.05) is 11.8 Å². The molecule has 1 saturated carbocycles. The highest BCUT2D eigenvalue weighted by Crippen LogP contribution is 2.41. The van der Waals surface area contributed by atoms with E-state index in [9.17, 15) is 5.26 Å². The van der Waals surface area contributed by atoms with Crippen molar-refractivity contribution in [3.8, 4) is 6.07 Å². The molecule has 0 radical (unpaired) electrons. The van der Waals surface area contributed by atoms with Gasteiger partial charge in [-0.25, -0.2) is 0 Å². The van der Waals surface area contributed by atoms with Crippen molar-refractivity contribution in [3.63, 3.8) is 0 Å². The Bertz CT molecular complexity index is 508. The first kappa shape index (κ1) is 16.4. The minimum absolute atomic E-state index is 0.336. The van der Waals surface area contributed by atoms with Gasteiger partial charge >= 0.3 is 0 Å². The van der Waals surface area contributed by atoms with Gasteiger partial charge in [0.2, 0.25) is 0 Å². The first-order valence-electron chi connectivity index (χ1n) is 7.79. The summed E-state index contributed by atoms with van der Waals surface area (Å²) in [6, 6.07) is 9.65. The summed E-state index contributed by atoms with van der Waals surface area (Å²) in [6.07, 6.45) is 2.38. The van der Waals surface area contributed by atoms with Crippen molar-refractivity contribution in [3.05, 3.63) is 34.9 Å². The van der Waals surface area contributed by atoms with Gasteiger partial charge in [0, 0.05) is 17.5 Å². The summed E-state index contributed by atoms with van der Waals surface area (Å²) in [4.78, 5) is 0. The van der Waals surface area contributed by atoms with Crippen LogP contribution in [0.15, 0.2) is 18.2 Å². The number of nitrogens with zero attached hydrogens (tertiary/aromatic N) is 1. The number of benzene rings is 1. The zero-order chi connectivity index (χ0) is 15.5. The van der Waals surface area contributed by atoms with E-state index in [1.54, 1.807) is 0 Å². The first-order chi connectivity index (χ1) is 9.95. The quantitative estimate of drug-likeness (QED) is 0.819. The van der Waals surface area contributed by atoms with Crippen LogP contribution < -0.4 is 5.32 Å². The maximum absolute atomic E-state index is 9.70. The van der Waals surface area contributed by atoms with Crippen molar-refractivity contribution in [2.45, 2.75) is 57.9 Å². The van der Waals surface area contributed by atoms with Crippen LogP contribution in [0.2, 0.25) is 0 Å². The van der Waals surface area contributed by atoms with Crippen LogP contribution in [0.4, 0.5) is 0 Å². The van der Waals surface area contributed by atoms with Gasteiger partial charge < -0.3 is 0 Å². The van der Waals surface area contributed by atoms with Gasteiger partial charge in [-0.2, -0.15) is 17.0 Å². The van der Waals surface area contributed by atoms with E-state index in [0.29, 0.717) is 12.0 Å². The van der Waals surface area contributed by atoms with E-state index < -0.39 is 0 Å². The summed E-state index contributed by atoms with van der Waals surface area (Å²) < 4.78 is 0. The number of aryl methyl sites for hydroxylation is 2. The maximum Gasteiger partial charge on any atom is 0.118 e. The normalized spacial score (nSPS) is 17.5. The Morgan fingerprint density at radius 1 is 1.29 bits per heavy atom. The fraction of sp³-hybridized carbons (Fsp3) is 0.611. The molecular formula is C18H26N2S. The molecule has 1 atom stereocenters. The molecule has 1 aliphatic carbocycles. The molecule has 1 aromatic rings. The molecule has 2 rings (SSSR count). The smallest absolute Gasteiger partial charge is 0.118 e. The molecule has 0 saturated heterocycles. The third kappa shape index (κ3) is 4.49. The van der Waals surface area contributed by atoms with Crippen LogP contribution in [0.5, 0.6) is 0 Å². The predicted molar refractivity (Wildman–Crippen MR) is 91.4 cm³/mol. The summed E-state index contributed by atoms with van der Waals surface area (Å²) in [5.41, 5.74) is 3.67. The van der Waals surface area contributed by atoms with Crippen LogP contribution in [0.25, 0.3) is 0 Å². The standard InChI is InChI=1S/C18H26N2S/c1-13(2)20-18(11-19,17-5-6-17)12-21-10-16-8-14(3)7-15(4)9-16/h7-9,13,17,20H,5-6,10,12H2,1-4H3. The minimum atomic E-state index is -0.336. The fourth-order valence-corrected chi connectivity index (χ4v) is 4.22. The van der Waals surface area contributed by atoms with E-state index in [2.05, 4.69) is 57.3 Å². The van der Waals surface area contributed by atoms with Crippen LogP contribution in [-0.4, -0.2) is 17.3 Å². The number of thioether (sulfide) groups is 1. The van der Waals surface area contributed by atoms with E-state index >= 15 is 0 Å². The SMILES string of the molecule is Cc1cc(C)cc(CSCC(C#N)(NC(C)C)C2CC2)c1. The lowest BCUT2D eigenvalue weighted by atomic mass is 9.96. The molecule has 1 aliphatic rings. The number of hydrogen-bond donors (Lipinski definition) is 1. The Balaban J connectivity index is 1.97. The first-order valence-corrected chi connectivity index (χ1v) is 8.94. The monoisotopic (exact) mass is 302 g/mol. The van der Waals surface area contributed by atoms with Crippen molar-refractivity contribution in [2.24, 2.45) is 5.92 Å². The van der Waals surface area contributed by atoms with Gasteiger partial charge in [-0.3, -0.25) is 5.32 Å². The van der Waals surface area contributed by atoms with Crippen LogP contribution in [0, 0.1) is 31.1 Å². The molecule has 0 spiro atoms. The molecular weight excluding hydrogens is 276 g/mol. The average Bonchev–Trinajstić information content (AvgIpc) is 3.20. The largest absolute Gasteiger partial charge is 0.296 e. The molecule has 0 amide bonds. The van der Waals surface area contributed by atoms with Gasteiger partial charge in [-0.1, -0.05) is 29.3 Å². The highest BCUT2D eigenvalue weighted by Gasteiger charge is 2.45. The number of nitriles is 1. The van der Waals surface area contributed by atoms with Crippen LogP contribution >= 0.6 is 11.8 Å². The zero-order valence-electron chi connectivity index (χ0n) is 13.6.